The van der Waals surface area contributed by atoms with Gasteiger partial charge in [-0.05, 0) is 30.6 Å². The zero-order chi connectivity index (χ0) is 19.0. The van der Waals surface area contributed by atoms with Gasteiger partial charge in [-0.25, -0.2) is 0 Å². The van der Waals surface area contributed by atoms with Crippen molar-refractivity contribution < 1.29 is 34.7 Å². The fourth-order valence-corrected chi connectivity index (χ4v) is 4.28. The summed E-state index contributed by atoms with van der Waals surface area (Å²) in [5.74, 6) is -2.37. The van der Waals surface area contributed by atoms with E-state index in [0.29, 0.717) is 18.8 Å². The largest absolute Gasteiger partial charge is 0.430 e. The first-order chi connectivity index (χ1) is 11.6. The summed E-state index contributed by atoms with van der Waals surface area (Å²) < 4.78 is 11.2. The summed E-state index contributed by atoms with van der Waals surface area (Å²) in [5, 5.41) is 40.5. The summed E-state index contributed by atoms with van der Waals surface area (Å²) in [5.41, 5.74) is -0.0190. The minimum atomic E-state index is -1.77. The molecule has 7 heteroatoms. The number of ether oxygens (including phenoxy) is 2. The van der Waals surface area contributed by atoms with E-state index in [1.165, 1.54) is 6.92 Å². The van der Waals surface area contributed by atoms with Crippen LogP contribution in [0.4, 0.5) is 0 Å². The molecule has 25 heavy (non-hydrogen) atoms. The smallest absolute Gasteiger partial charge is 0.305 e. The average molecular weight is 360 g/mol. The highest BCUT2D eigenvalue weighted by molar-refractivity contribution is 5.66. The number of hydrogen-bond donors (Lipinski definition) is 4. The molecule has 0 aromatic carbocycles. The third kappa shape index (κ3) is 3.71. The van der Waals surface area contributed by atoms with E-state index in [1.54, 1.807) is 0 Å². The Bertz CT molecular complexity index is 480. The number of rotatable bonds is 4. The first-order valence-corrected chi connectivity index (χ1v) is 9.10. The van der Waals surface area contributed by atoms with Crippen molar-refractivity contribution in [2.45, 2.75) is 83.6 Å². The van der Waals surface area contributed by atoms with E-state index in [-0.39, 0.29) is 11.3 Å². The maximum atomic E-state index is 11.8. The molecule has 7 nitrogen and oxygen atoms in total. The molecular weight excluding hydrogens is 328 g/mol. The van der Waals surface area contributed by atoms with Crippen LogP contribution in [0.15, 0.2) is 0 Å². The molecule has 0 aromatic heterocycles. The van der Waals surface area contributed by atoms with E-state index in [4.69, 9.17) is 9.47 Å². The van der Waals surface area contributed by atoms with Crippen LogP contribution in [-0.4, -0.2) is 63.2 Å². The van der Waals surface area contributed by atoms with Crippen LogP contribution in [0, 0.1) is 17.3 Å². The number of aliphatic hydroxyl groups excluding tert-OH is 4. The van der Waals surface area contributed by atoms with Crippen LogP contribution >= 0.6 is 0 Å². The lowest BCUT2D eigenvalue weighted by Crippen LogP contribution is -2.69. The summed E-state index contributed by atoms with van der Waals surface area (Å²) in [4.78, 5) is 11.8. The van der Waals surface area contributed by atoms with Gasteiger partial charge in [-0.1, -0.05) is 27.2 Å². The van der Waals surface area contributed by atoms with Crippen LogP contribution in [0.3, 0.4) is 0 Å². The molecule has 1 saturated carbocycles. The molecule has 1 aliphatic heterocycles. The normalized spacial score (nSPS) is 45.4. The van der Waals surface area contributed by atoms with Crippen molar-refractivity contribution in [3.8, 4) is 0 Å². The lowest BCUT2D eigenvalue weighted by atomic mass is 9.62. The Morgan fingerprint density at radius 2 is 1.92 bits per heavy atom. The number of carbonyl (C=O) groups excluding carboxylic acids is 1. The minimum Gasteiger partial charge on any atom is -0.430 e. The highest BCUT2D eigenvalue weighted by Crippen LogP contribution is 2.51. The van der Waals surface area contributed by atoms with Gasteiger partial charge in [-0.15, -0.1) is 0 Å². The predicted molar refractivity (Wildman–Crippen MR) is 89.4 cm³/mol. The van der Waals surface area contributed by atoms with E-state index in [2.05, 4.69) is 20.8 Å². The van der Waals surface area contributed by atoms with Crippen molar-refractivity contribution >= 4 is 5.97 Å². The summed E-state index contributed by atoms with van der Waals surface area (Å²) in [6.45, 7) is 7.09. The Labute approximate surface area is 148 Å². The molecule has 0 bridgehead atoms. The first-order valence-electron chi connectivity index (χ1n) is 9.10. The molecule has 2 rings (SSSR count). The molecule has 0 radical (unpaired) electrons. The molecule has 2 aliphatic rings. The molecule has 7 atom stereocenters. The Morgan fingerprint density at radius 3 is 2.44 bits per heavy atom. The second-order valence-electron chi connectivity index (χ2n) is 8.18. The van der Waals surface area contributed by atoms with Gasteiger partial charge in [-0.3, -0.25) is 4.79 Å². The van der Waals surface area contributed by atoms with E-state index >= 15 is 0 Å². The molecule has 146 valence electrons. The Hall–Kier alpha value is -0.730. The third-order valence-electron chi connectivity index (χ3n) is 6.26. The van der Waals surface area contributed by atoms with Gasteiger partial charge in [0.15, 0.2) is 0 Å². The summed E-state index contributed by atoms with van der Waals surface area (Å²) in [7, 11) is 0. The average Bonchev–Trinajstić information content (AvgIpc) is 2.55. The van der Waals surface area contributed by atoms with E-state index in [1.807, 2.05) is 0 Å². The lowest BCUT2D eigenvalue weighted by molar-refractivity contribution is -0.374. The standard InChI is InChI=1S/C18H32O7/c1-10(2)17(4)7-5-6-12(8-17)18(24-11(3)20)16(23)15(22)14(21)13(9-19)25-18/h10,12-16,19,21-23H,5-9H2,1-4H3/t12?,13-,14-,15+,16-,17?,18?/m1/s1. The SMILES string of the molecule is CC(=O)OC1(C2CCCC(C)(C(C)C)C2)O[C@H](CO)[C@@H](O)[C@H](O)[C@H]1O. The molecule has 1 saturated heterocycles. The Balaban J connectivity index is 2.41. The molecule has 0 amide bonds. The Kier molecular flexibility index (Phi) is 6.16. The van der Waals surface area contributed by atoms with Crippen LogP contribution in [0.25, 0.3) is 0 Å². The lowest BCUT2D eigenvalue weighted by Gasteiger charge is -2.54. The minimum absolute atomic E-state index is 0.0190. The zero-order valence-corrected chi connectivity index (χ0v) is 15.5. The summed E-state index contributed by atoms with van der Waals surface area (Å²) >= 11 is 0. The van der Waals surface area contributed by atoms with Crippen LogP contribution < -0.4 is 0 Å². The number of carbonyl (C=O) groups is 1. The number of aliphatic hydroxyl groups is 4. The summed E-state index contributed by atoms with van der Waals surface area (Å²) in [6.07, 6.45) is -2.55. The molecular formula is C18H32O7. The highest BCUT2D eigenvalue weighted by Gasteiger charge is 2.61. The highest BCUT2D eigenvalue weighted by atomic mass is 16.7. The quantitative estimate of drug-likeness (QED) is 0.542. The fourth-order valence-electron chi connectivity index (χ4n) is 4.28. The molecule has 0 aromatic rings. The second kappa shape index (κ2) is 7.48. The van der Waals surface area contributed by atoms with E-state index < -0.39 is 42.8 Å². The number of esters is 1. The van der Waals surface area contributed by atoms with Gasteiger partial charge in [-0.2, -0.15) is 0 Å². The van der Waals surface area contributed by atoms with Crippen LogP contribution in [0.5, 0.6) is 0 Å². The molecule has 4 N–H and O–H groups in total. The molecule has 1 heterocycles. The Morgan fingerprint density at radius 1 is 1.28 bits per heavy atom. The van der Waals surface area contributed by atoms with Crippen LogP contribution in [0.1, 0.15) is 53.4 Å². The van der Waals surface area contributed by atoms with Crippen molar-refractivity contribution in [2.75, 3.05) is 6.61 Å². The topological polar surface area (TPSA) is 116 Å². The molecule has 3 unspecified atom stereocenters. The van der Waals surface area contributed by atoms with Crippen molar-refractivity contribution in [2.24, 2.45) is 17.3 Å². The number of hydrogen-bond acceptors (Lipinski definition) is 7. The monoisotopic (exact) mass is 360 g/mol. The maximum Gasteiger partial charge on any atom is 0.305 e. The van der Waals surface area contributed by atoms with E-state index in [0.717, 1.165) is 12.8 Å². The van der Waals surface area contributed by atoms with Crippen molar-refractivity contribution in [3.63, 3.8) is 0 Å². The summed E-state index contributed by atoms with van der Waals surface area (Å²) in [6, 6.07) is 0. The third-order valence-corrected chi connectivity index (χ3v) is 6.26. The van der Waals surface area contributed by atoms with Crippen molar-refractivity contribution in [3.05, 3.63) is 0 Å². The van der Waals surface area contributed by atoms with Gasteiger partial charge >= 0.3 is 5.97 Å². The molecule has 0 spiro atoms. The van der Waals surface area contributed by atoms with Gasteiger partial charge in [0.25, 0.3) is 0 Å². The van der Waals surface area contributed by atoms with E-state index in [9.17, 15) is 25.2 Å². The van der Waals surface area contributed by atoms with Crippen molar-refractivity contribution in [1.29, 1.82) is 0 Å². The van der Waals surface area contributed by atoms with Gasteiger partial charge < -0.3 is 29.9 Å². The fraction of sp³-hybridized carbons (Fsp3) is 0.944. The van der Waals surface area contributed by atoms with Gasteiger partial charge in [0, 0.05) is 12.8 Å². The first kappa shape index (κ1) is 20.6. The van der Waals surface area contributed by atoms with Crippen LogP contribution in [0.2, 0.25) is 0 Å². The van der Waals surface area contributed by atoms with Gasteiger partial charge in [0.1, 0.15) is 24.4 Å². The van der Waals surface area contributed by atoms with Gasteiger partial charge in [0.05, 0.1) is 6.61 Å². The second-order valence-corrected chi connectivity index (χ2v) is 8.18. The van der Waals surface area contributed by atoms with Gasteiger partial charge in [0.2, 0.25) is 5.79 Å². The predicted octanol–water partition coefficient (Wildman–Crippen LogP) is 0.572. The van der Waals surface area contributed by atoms with Crippen molar-refractivity contribution in [1.82, 2.24) is 0 Å². The molecule has 1 aliphatic carbocycles. The maximum absolute atomic E-state index is 11.8. The van der Waals surface area contributed by atoms with Crippen LogP contribution in [-0.2, 0) is 14.3 Å². The zero-order valence-electron chi connectivity index (χ0n) is 15.5. The molecule has 2 fully saturated rings.